The Labute approximate surface area is 101 Å². The molecule has 0 aromatic heterocycles. The molecule has 90 valence electrons. The normalized spacial score (nSPS) is 26.8. The lowest BCUT2D eigenvalue weighted by atomic mass is 9.76. The van der Waals surface area contributed by atoms with Crippen molar-refractivity contribution in [3.8, 4) is 5.75 Å². The Morgan fingerprint density at radius 1 is 1.29 bits per heavy atom. The summed E-state index contributed by atoms with van der Waals surface area (Å²) in [5.74, 6) is 1.40. The third kappa shape index (κ3) is 1.70. The van der Waals surface area contributed by atoms with E-state index in [0.29, 0.717) is 12.0 Å². The number of rotatable bonds is 1. The van der Waals surface area contributed by atoms with Gasteiger partial charge in [-0.15, -0.1) is 0 Å². The van der Waals surface area contributed by atoms with Crippen molar-refractivity contribution in [1.29, 1.82) is 0 Å². The average Bonchev–Trinajstić information content (AvgIpc) is 2.38. The minimum Gasteiger partial charge on any atom is -0.497 e. The lowest BCUT2D eigenvalue weighted by Gasteiger charge is -2.37. The predicted molar refractivity (Wildman–Crippen MR) is 65.5 cm³/mol. The van der Waals surface area contributed by atoms with Gasteiger partial charge in [0, 0.05) is 17.5 Å². The van der Waals surface area contributed by atoms with Crippen LogP contribution in [0.15, 0.2) is 18.2 Å². The molecule has 0 unspecified atom stereocenters. The van der Waals surface area contributed by atoms with Gasteiger partial charge in [0.25, 0.3) is 5.91 Å². The third-order valence-corrected chi connectivity index (χ3v) is 3.99. The minimum atomic E-state index is 0.0748. The fourth-order valence-corrected chi connectivity index (χ4v) is 3.10. The van der Waals surface area contributed by atoms with Crippen LogP contribution >= 0.6 is 0 Å². The van der Waals surface area contributed by atoms with Crippen molar-refractivity contribution < 1.29 is 9.53 Å². The van der Waals surface area contributed by atoms with Crippen LogP contribution in [0.5, 0.6) is 5.75 Å². The van der Waals surface area contributed by atoms with Crippen LogP contribution in [0.3, 0.4) is 0 Å². The quantitative estimate of drug-likeness (QED) is 0.806. The molecule has 1 saturated carbocycles. The van der Waals surface area contributed by atoms with Crippen molar-refractivity contribution in [3.63, 3.8) is 0 Å². The minimum absolute atomic E-state index is 0.0748. The van der Waals surface area contributed by atoms with E-state index in [2.05, 4.69) is 5.32 Å². The SMILES string of the molecule is COc1ccc2c(c1)[C@@H]1CCCC[C@H]1NC2=O. The summed E-state index contributed by atoms with van der Waals surface area (Å²) in [6.45, 7) is 0. The molecule has 2 atom stereocenters. The lowest BCUT2D eigenvalue weighted by molar-refractivity contribution is 0.0901. The highest BCUT2D eigenvalue weighted by Crippen LogP contribution is 2.39. The Bertz CT molecular complexity index is 456. The van der Waals surface area contributed by atoms with E-state index in [1.807, 2.05) is 18.2 Å². The monoisotopic (exact) mass is 231 g/mol. The van der Waals surface area contributed by atoms with Crippen LogP contribution in [-0.2, 0) is 0 Å². The number of fused-ring (bicyclic) bond motifs is 3. The van der Waals surface area contributed by atoms with Gasteiger partial charge < -0.3 is 10.1 Å². The van der Waals surface area contributed by atoms with Gasteiger partial charge in [-0.25, -0.2) is 0 Å². The van der Waals surface area contributed by atoms with Crippen molar-refractivity contribution in [1.82, 2.24) is 5.32 Å². The molecule has 3 nitrogen and oxygen atoms in total. The Kier molecular flexibility index (Phi) is 2.54. The summed E-state index contributed by atoms with van der Waals surface area (Å²) in [5.41, 5.74) is 2.01. The molecule has 1 aromatic carbocycles. The highest BCUT2D eigenvalue weighted by atomic mass is 16.5. The topological polar surface area (TPSA) is 38.3 Å². The Balaban J connectivity index is 2.06. The van der Waals surface area contributed by atoms with Gasteiger partial charge in [-0.2, -0.15) is 0 Å². The van der Waals surface area contributed by atoms with Crippen LogP contribution in [0.2, 0.25) is 0 Å². The standard InChI is InChI=1S/C14H17NO2/c1-17-9-6-7-11-12(8-9)10-4-2-3-5-13(10)15-14(11)16/h6-8,10,13H,2-5H2,1H3,(H,15,16)/t10-,13+/m0/s1. The smallest absolute Gasteiger partial charge is 0.251 e. The fourth-order valence-electron chi connectivity index (χ4n) is 3.10. The molecule has 1 aliphatic heterocycles. The molecule has 1 N–H and O–H groups in total. The molecule has 1 heterocycles. The summed E-state index contributed by atoms with van der Waals surface area (Å²) in [6, 6.07) is 6.11. The fraction of sp³-hybridized carbons (Fsp3) is 0.500. The van der Waals surface area contributed by atoms with Gasteiger partial charge in [0.2, 0.25) is 0 Å². The zero-order valence-electron chi connectivity index (χ0n) is 10.0. The molecule has 1 fully saturated rings. The highest BCUT2D eigenvalue weighted by molar-refractivity contribution is 5.97. The van der Waals surface area contributed by atoms with E-state index in [0.717, 1.165) is 17.7 Å². The summed E-state index contributed by atoms with van der Waals surface area (Å²) < 4.78 is 5.26. The second-order valence-corrected chi connectivity index (χ2v) is 4.92. The molecule has 1 amide bonds. The molecule has 3 rings (SSSR count). The first-order valence-electron chi connectivity index (χ1n) is 6.28. The maximum atomic E-state index is 12.0. The number of amides is 1. The maximum absolute atomic E-state index is 12.0. The Morgan fingerprint density at radius 3 is 2.94 bits per heavy atom. The average molecular weight is 231 g/mol. The van der Waals surface area contributed by atoms with Crippen molar-refractivity contribution in [2.75, 3.05) is 7.11 Å². The second kappa shape index (κ2) is 4.06. The number of carbonyl (C=O) groups excluding carboxylic acids is 1. The van der Waals surface area contributed by atoms with E-state index in [1.165, 1.54) is 24.8 Å². The van der Waals surface area contributed by atoms with Crippen LogP contribution in [0.4, 0.5) is 0 Å². The van der Waals surface area contributed by atoms with E-state index < -0.39 is 0 Å². The van der Waals surface area contributed by atoms with E-state index in [1.54, 1.807) is 7.11 Å². The van der Waals surface area contributed by atoms with Crippen LogP contribution in [-0.4, -0.2) is 19.1 Å². The van der Waals surface area contributed by atoms with Gasteiger partial charge >= 0.3 is 0 Å². The zero-order valence-corrected chi connectivity index (χ0v) is 10.0. The molecule has 0 bridgehead atoms. The summed E-state index contributed by atoms with van der Waals surface area (Å²) in [6.07, 6.45) is 4.76. The van der Waals surface area contributed by atoms with Gasteiger partial charge in [-0.1, -0.05) is 12.8 Å². The molecule has 0 spiro atoms. The highest BCUT2D eigenvalue weighted by Gasteiger charge is 2.35. The largest absolute Gasteiger partial charge is 0.497 e. The number of ether oxygens (including phenoxy) is 1. The van der Waals surface area contributed by atoms with Gasteiger partial charge in [0.15, 0.2) is 0 Å². The Morgan fingerprint density at radius 2 is 2.12 bits per heavy atom. The van der Waals surface area contributed by atoms with E-state index in [9.17, 15) is 4.79 Å². The Hall–Kier alpha value is -1.51. The van der Waals surface area contributed by atoms with Crippen molar-refractivity contribution >= 4 is 5.91 Å². The molecule has 3 heteroatoms. The number of hydrogen-bond acceptors (Lipinski definition) is 2. The van der Waals surface area contributed by atoms with E-state index in [4.69, 9.17) is 4.74 Å². The van der Waals surface area contributed by atoms with Crippen LogP contribution in [0.1, 0.15) is 47.5 Å². The van der Waals surface area contributed by atoms with Crippen molar-refractivity contribution in [3.05, 3.63) is 29.3 Å². The molecule has 1 aliphatic carbocycles. The first-order chi connectivity index (χ1) is 8.29. The van der Waals surface area contributed by atoms with Crippen molar-refractivity contribution in [2.24, 2.45) is 0 Å². The number of carbonyl (C=O) groups is 1. The molecular formula is C14H17NO2. The van der Waals surface area contributed by atoms with E-state index in [-0.39, 0.29) is 5.91 Å². The summed E-state index contributed by atoms with van der Waals surface area (Å²) in [4.78, 5) is 12.0. The van der Waals surface area contributed by atoms with Gasteiger partial charge in [0.05, 0.1) is 7.11 Å². The zero-order chi connectivity index (χ0) is 11.8. The number of hydrogen-bond donors (Lipinski definition) is 1. The number of nitrogens with one attached hydrogen (secondary N) is 1. The van der Waals surface area contributed by atoms with E-state index >= 15 is 0 Å². The van der Waals surface area contributed by atoms with Crippen molar-refractivity contribution in [2.45, 2.75) is 37.6 Å². The second-order valence-electron chi connectivity index (χ2n) is 4.92. The van der Waals surface area contributed by atoms with Crippen LogP contribution in [0.25, 0.3) is 0 Å². The lowest BCUT2D eigenvalue weighted by Crippen LogP contribution is -2.45. The molecule has 2 aliphatic rings. The van der Waals surface area contributed by atoms with Gasteiger partial charge in [-0.05, 0) is 36.6 Å². The first kappa shape index (κ1) is 10.6. The predicted octanol–water partition coefficient (Wildman–Crippen LogP) is 2.46. The third-order valence-electron chi connectivity index (χ3n) is 3.99. The first-order valence-corrected chi connectivity index (χ1v) is 6.28. The molecular weight excluding hydrogens is 214 g/mol. The van der Waals surface area contributed by atoms with Crippen LogP contribution in [0, 0.1) is 0 Å². The van der Waals surface area contributed by atoms with Gasteiger partial charge in [-0.3, -0.25) is 4.79 Å². The molecule has 0 saturated heterocycles. The molecule has 17 heavy (non-hydrogen) atoms. The summed E-state index contributed by atoms with van der Waals surface area (Å²) >= 11 is 0. The molecule has 0 radical (unpaired) electrons. The van der Waals surface area contributed by atoms with Gasteiger partial charge in [0.1, 0.15) is 5.75 Å². The summed E-state index contributed by atoms with van der Waals surface area (Å²) in [7, 11) is 1.67. The maximum Gasteiger partial charge on any atom is 0.251 e. The molecule has 1 aromatic rings. The number of benzene rings is 1. The number of methoxy groups -OCH3 is 1. The summed E-state index contributed by atoms with van der Waals surface area (Å²) in [5, 5.41) is 3.13. The van der Waals surface area contributed by atoms with Crippen LogP contribution < -0.4 is 10.1 Å².